The molecule has 0 saturated heterocycles. The monoisotopic (exact) mass is 145 g/mol. The minimum Gasteiger partial charge on any atom is -0.319 e. The Morgan fingerprint density at radius 2 is 2.33 bits per heavy atom. The zero-order valence-corrected chi connectivity index (χ0v) is 7.00. The first kappa shape index (κ1) is 9.05. The summed E-state index contributed by atoms with van der Waals surface area (Å²) in [7, 11) is 1.98. The van der Waals surface area contributed by atoms with Gasteiger partial charge in [-0.1, -0.05) is 12.2 Å². The first-order valence-electron chi connectivity index (χ1n) is 3.25. The van der Waals surface area contributed by atoms with Crippen molar-refractivity contribution in [3.05, 3.63) is 12.2 Å². The molecule has 0 atom stereocenters. The van der Waals surface area contributed by atoms with Crippen molar-refractivity contribution in [2.75, 3.05) is 25.1 Å². The van der Waals surface area contributed by atoms with Crippen LogP contribution in [0.4, 0.5) is 0 Å². The number of rotatable bonds is 5. The summed E-state index contributed by atoms with van der Waals surface area (Å²) in [5, 5.41) is 3.10. The highest BCUT2D eigenvalue weighted by molar-refractivity contribution is 7.99. The Balaban J connectivity index is 2.75. The van der Waals surface area contributed by atoms with Crippen LogP contribution in [0.2, 0.25) is 0 Å². The average molecular weight is 145 g/mol. The van der Waals surface area contributed by atoms with Crippen molar-refractivity contribution < 1.29 is 0 Å². The van der Waals surface area contributed by atoms with Gasteiger partial charge in [0.25, 0.3) is 0 Å². The van der Waals surface area contributed by atoms with E-state index in [0.717, 1.165) is 12.3 Å². The SMILES string of the molecule is C/C=C/CSCCNC. The summed E-state index contributed by atoms with van der Waals surface area (Å²) in [6.45, 7) is 3.17. The van der Waals surface area contributed by atoms with E-state index in [1.165, 1.54) is 5.75 Å². The maximum Gasteiger partial charge on any atom is 0.0113 e. The van der Waals surface area contributed by atoms with Crippen LogP contribution in [0.3, 0.4) is 0 Å². The third-order valence-corrected chi connectivity index (χ3v) is 1.87. The van der Waals surface area contributed by atoms with E-state index < -0.39 is 0 Å². The number of thioether (sulfide) groups is 1. The summed E-state index contributed by atoms with van der Waals surface area (Å²) in [6.07, 6.45) is 4.27. The Morgan fingerprint density at radius 1 is 1.56 bits per heavy atom. The Hall–Kier alpha value is 0.0500. The lowest BCUT2D eigenvalue weighted by Crippen LogP contribution is -2.09. The third kappa shape index (κ3) is 8.05. The van der Waals surface area contributed by atoms with E-state index in [1.807, 2.05) is 18.8 Å². The maximum atomic E-state index is 3.10. The molecule has 0 aliphatic heterocycles. The van der Waals surface area contributed by atoms with E-state index >= 15 is 0 Å². The van der Waals surface area contributed by atoms with E-state index in [2.05, 4.69) is 24.4 Å². The fraction of sp³-hybridized carbons (Fsp3) is 0.714. The number of allylic oxidation sites excluding steroid dienone is 1. The molecule has 0 aliphatic rings. The van der Waals surface area contributed by atoms with E-state index in [9.17, 15) is 0 Å². The van der Waals surface area contributed by atoms with Gasteiger partial charge in [0.1, 0.15) is 0 Å². The van der Waals surface area contributed by atoms with Crippen LogP contribution >= 0.6 is 11.8 Å². The molecule has 0 aromatic heterocycles. The molecule has 0 unspecified atom stereocenters. The van der Waals surface area contributed by atoms with Crippen molar-refractivity contribution in [1.29, 1.82) is 0 Å². The van der Waals surface area contributed by atoms with E-state index in [4.69, 9.17) is 0 Å². The van der Waals surface area contributed by atoms with Gasteiger partial charge >= 0.3 is 0 Å². The number of hydrogen-bond donors (Lipinski definition) is 1. The molecule has 9 heavy (non-hydrogen) atoms. The smallest absolute Gasteiger partial charge is 0.0113 e. The summed E-state index contributed by atoms with van der Waals surface area (Å²) in [4.78, 5) is 0. The van der Waals surface area contributed by atoms with E-state index in [-0.39, 0.29) is 0 Å². The van der Waals surface area contributed by atoms with Gasteiger partial charge in [0.05, 0.1) is 0 Å². The first-order valence-corrected chi connectivity index (χ1v) is 4.40. The molecule has 0 aromatic carbocycles. The molecule has 0 heterocycles. The normalized spacial score (nSPS) is 10.9. The lowest BCUT2D eigenvalue weighted by Gasteiger charge is -1.94. The summed E-state index contributed by atoms with van der Waals surface area (Å²) in [5.74, 6) is 2.36. The molecule has 0 spiro atoms. The van der Waals surface area contributed by atoms with Gasteiger partial charge < -0.3 is 5.32 Å². The van der Waals surface area contributed by atoms with Crippen LogP contribution in [0.15, 0.2) is 12.2 Å². The molecule has 0 aromatic rings. The Kier molecular flexibility index (Phi) is 8.09. The second-order valence-corrected chi connectivity index (χ2v) is 2.90. The van der Waals surface area contributed by atoms with Crippen LogP contribution in [0.1, 0.15) is 6.92 Å². The second kappa shape index (κ2) is 8.05. The molecule has 54 valence electrons. The minimum atomic E-state index is 1.11. The van der Waals surface area contributed by atoms with Crippen molar-refractivity contribution in [1.82, 2.24) is 5.32 Å². The van der Waals surface area contributed by atoms with E-state index in [0.29, 0.717) is 0 Å². The standard InChI is InChI=1S/C7H15NS/c1-3-4-6-9-7-5-8-2/h3-4,8H,5-7H2,1-2H3/b4-3+. The fourth-order valence-electron chi connectivity index (χ4n) is 0.422. The predicted octanol–water partition coefficient (Wildman–Crippen LogP) is 1.52. The quantitative estimate of drug-likeness (QED) is 0.465. The zero-order chi connectivity index (χ0) is 6.95. The van der Waals surface area contributed by atoms with Crippen molar-refractivity contribution >= 4 is 11.8 Å². The van der Waals surface area contributed by atoms with Crippen molar-refractivity contribution in [3.63, 3.8) is 0 Å². The van der Waals surface area contributed by atoms with E-state index in [1.54, 1.807) is 0 Å². The predicted molar refractivity (Wildman–Crippen MR) is 46.1 cm³/mol. The van der Waals surface area contributed by atoms with Gasteiger partial charge in [-0.3, -0.25) is 0 Å². The molecular formula is C7H15NS. The number of nitrogens with one attached hydrogen (secondary N) is 1. The van der Waals surface area contributed by atoms with Gasteiger partial charge in [0.15, 0.2) is 0 Å². The third-order valence-electron chi connectivity index (χ3n) is 0.946. The molecule has 1 nitrogen and oxygen atoms in total. The van der Waals surface area contributed by atoms with Gasteiger partial charge in [0, 0.05) is 18.1 Å². The highest BCUT2D eigenvalue weighted by Gasteiger charge is 1.81. The largest absolute Gasteiger partial charge is 0.319 e. The summed E-state index contributed by atoms with van der Waals surface area (Å²) >= 11 is 1.95. The lowest BCUT2D eigenvalue weighted by molar-refractivity contribution is 0.872. The second-order valence-electron chi connectivity index (χ2n) is 1.75. The highest BCUT2D eigenvalue weighted by Crippen LogP contribution is 1.97. The van der Waals surface area contributed by atoms with Gasteiger partial charge in [-0.25, -0.2) is 0 Å². The molecule has 0 amide bonds. The Morgan fingerprint density at radius 3 is 2.89 bits per heavy atom. The lowest BCUT2D eigenvalue weighted by atomic mass is 10.6. The van der Waals surface area contributed by atoms with Gasteiger partial charge in [-0.05, 0) is 14.0 Å². The maximum absolute atomic E-state index is 3.10. The van der Waals surface area contributed by atoms with Crippen LogP contribution in [0.25, 0.3) is 0 Å². The molecule has 0 aliphatic carbocycles. The van der Waals surface area contributed by atoms with Crippen molar-refractivity contribution in [2.24, 2.45) is 0 Å². The Labute approximate surface area is 61.9 Å². The molecule has 2 heteroatoms. The van der Waals surface area contributed by atoms with Gasteiger partial charge in [-0.15, -0.1) is 0 Å². The van der Waals surface area contributed by atoms with Crippen LogP contribution < -0.4 is 5.32 Å². The summed E-state index contributed by atoms with van der Waals surface area (Å²) in [6, 6.07) is 0. The fourth-order valence-corrected chi connectivity index (χ4v) is 1.27. The average Bonchev–Trinajstić information content (AvgIpc) is 1.89. The minimum absolute atomic E-state index is 1.11. The van der Waals surface area contributed by atoms with Crippen LogP contribution in [0.5, 0.6) is 0 Å². The summed E-state index contributed by atoms with van der Waals surface area (Å²) in [5.41, 5.74) is 0. The molecule has 0 saturated carbocycles. The molecular weight excluding hydrogens is 130 g/mol. The topological polar surface area (TPSA) is 12.0 Å². The van der Waals surface area contributed by atoms with Crippen LogP contribution in [-0.4, -0.2) is 25.1 Å². The molecule has 0 rings (SSSR count). The van der Waals surface area contributed by atoms with Gasteiger partial charge in [0.2, 0.25) is 0 Å². The molecule has 1 N–H and O–H groups in total. The zero-order valence-electron chi connectivity index (χ0n) is 6.18. The summed E-state index contributed by atoms with van der Waals surface area (Å²) < 4.78 is 0. The van der Waals surface area contributed by atoms with Gasteiger partial charge in [-0.2, -0.15) is 11.8 Å². The van der Waals surface area contributed by atoms with Crippen LogP contribution in [0, 0.1) is 0 Å². The molecule has 0 fully saturated rings. The van der Waals surface area contributed by atoms with Crippen molar-refractivity contribution in [2.45, 2.75) is 6.92 Å². The Bertz CT molecular complexity index is 71.3. The van der Waals surface area contributed by atoms with Crippen molar-refractivity contribution in [3.8, 4) is 0 Å². The highest BCUT2D eigenvalue weighted by atomic mass is 32.2. The molecule has 0 bridgehead atoms. The first-order chi connectivity index (χ1) is 4.41. The van der Waals surface area contributed by atoms with Crippen LogP contribution in [-0.2, 0) is 0 Å². The number of hydrogen-bond acceptors (Lipinski definition) is 2. The molecule has 0 radical (unpaired) electrons.